The zero-order valence-electron chi connectivity index (χ0n) is 18.7. The van der Waals surface area contributed by atoms with Crippen molar-refractivity contribution in [3.05, 3.63) is 23.8 Å². The molecule has 0 aliphatic carbocycles. The average Bonchev–Trinajstić information content (AvgIpc) is 2.67. The maximum atomic E-state index is 13.2. The van der Waals surface area contributed by atoms with Crippen LogP contribution < -0.4 is 8.92 Å². The SMILES string of the molecule is CCCC[C@@H](CC)C(=O)N(Cc1ccc(OC)c(OS(=O)(=O)CC)c1)CC(C)C. The van der Waals surface area contributed by atoms with Crippen LogP contribution in [0, 0.1) is 11.8 Å². The van der Waals surface area contributed by atoms with Gasteiger partial charge in [0.15, 0.2) is 11.5 Å². The van der Waals surface area contributed by atoms with Crippen molar-refractivity contribution in [1.29, 1.82) is 0 Å². The summed E-state index contributed by atoms with van der Waals surface area (Å²) < 4.78 is 34.3. The van der Waals surface area contributed by atoms with Gasteiger partial charge in [0, 0.05) is 19.0 Å². The topological polar surface area (TPSA) is 72.9 Å². The van der Waals surface area contributed by atoms with Crippen molar-refractivity contribution in [2.75, 3.05) is 19.4 Å². The highest BCUT2D eigenvalue weighted by atomic mass is 32.2. The summed E-state index contributed by atoms with van der Waals surface area (Å²) in [6, 6.07) is 5.18. The van der Waals surface area contributed by atoms with E-state index < -0.39 is 10.1 Å². The van der Waals surface area contributed by atoms with Crippen molar-refractivity contribution < 1.29 is 22.1 Å². The Morgan fingerprint density at radius 3 is 2.34 bits per heavy atom. The molecule has 0 saturated carbocycles. The molecule has 0 fully saturated rings. The minimum absolute atomic E-state index is 0.0168. The second kappa shape index (κ2) is 12.1. The number of carbonyl (C=O) groups is 1. The summed E-state index contributed by atoms with van der Waals surface area (Å²) >= 11 is 0. The Morgan fingerprint density at radius 1 is 1.14 bits per heavy atom. The molecule has 166 valence electrons. The molecule has 0 saturated heterocycles. The molecule has 7 heteroatoms. The third kappa shape index (κ3) is 8.25. The minimum atomic E-state index is -3.67. The molecule has 1 aromatic rings. The zero-order chi connectivity index (χ0) is 22.0. The number of hydrogen-bond acceptors (Lipinski definition) is 5. The van der Waals surface area contributed by atoms with Crippen LogP contribution >= 0.6 is 0 Å². The van der Waals surface area contributed by atoms with Crippen molar-refractivity contribution in [2.24, 2.45) is 11.8 Å². The number of rotatable bonds is 13. The summed E-state index contributed by atoms with van der Waals surface area (Å²) in [6.07, 6.45) is 3.82. The van der Waals surface area contributed by atoms with Gasteiger partial charge in [-0.3, -0.25) is 4.79 Å². The van der Waals surface area contributed by atoms with Crippen LogP contribution in [0.4, 0.5) is 0 Å². The third-order valence-corrected chi connectivity index (χ3v) is 5.96. The summed E-state index contributed by atoms with van der Waals surface area (Å²) in [6.45, 7) is 10.9. The van der Waals surface area contributed by atoms with Gasteiger partial charge < -0.3 is 13.8 Å². The summed E-state index contributed by atoms with van der Waals surface area (Å²) in [4.78, 5) is 15.1. The van der Waals surface area contributed by atoms with Crippen LogP contribution in [0.5, 0.6) is 11.5 Å². The highest BCUT2D eigenvalue weighted by Gasteiger charge is 2.24. The molecule has 0 N–H and O–H groups in total. The Bertz CT molecular complexity index is 746. The van der Waals surface area contributed by atoms with Gasteiger partial charge in [-0.2, -0.15) is 8.42 Å². The van der Waals surface area contributed by atoms with E-state index in [-0.39, 0.29) is 23.3 Å². The average molecular weight is 428 g/mol. The van der Waals surface area contributed by atoms with E-state index in [1.165, 1.54) is 14.0 Å². The molecule has 0 bridgehead atoms. The second-order valence-corrected chi connectivity index (χ2v) is 9.63. The molecule has 0 aromatic heterocycles. The zero-order valence-corrected chi connectivity index (χ0v) is 19.5. The smallest absolute Gasteiger partial charge is 0.309 e. The van der Waals surface area contributed by atoms with Gasteiger partial charge in [0.1, 0.15) is 0 Å². The van der Waals surface area contributed by atoms with Crippen molar-refractivity contribution in [2.45, 2.75) is 66.8 Å². The van der Waals surface area contributed by atoms with E-state index in [0.29, 0.717) is 24.8 Å². The lowest BCUT2D eigenvalue weighted by Gasteiger charge is -2.29. The molecule has 6 nitrogen and oxygen atoms in total. The van der Waals surface area contributed by atoms with E-state index in [1.54, 1.807) is 12.1 Å². The third-order valence-electron chi connectivity index (χ3n) is 4.82. The number of hydrogen-bond donors (Lipinski definition) is 0. The Kier molecular flexibility index (Phi) is 10.5. The first-order valence-electron chi connectivity index (χ1n) is 10.5. The van der Waals surface area contributed by atoms with Crippen LogP contribution in [-0.4, -0.2) is 38.6 Å². The largest absolute Gasteiger partial charge is 0.493 e. The summed E-state index contributed by atoms with van der Waals surface area (Å²) in [5.74, 6) is 0.881. The molecular formula is C22H37NO5S. The molecular weight excluding hydrogens is 390 g/mol. The molecule has 0 radical (unpaired) electrons. The fraction of sp³-hybridized carbons (Fsp3) is 0.682. The molecule has 0 aliphatic rings. The number of nitrogens with zero attached hydrogens (tertiary/aromatic N) is 1. The van der Waals surface area contributed by atoms with Gasteiger partial charge in [-0.25, -0.2) is 0 Å². The standard InChI is InChI=1S/C22H37NO5S/c1-7-10-11-19(8-2)22(24)23(15-17(4)5)16-18-12-13-20(27-6)21(14-18)28-29(25,26)9-3/h12-14,17,19H,7-11,15-16H2,1-6H3/t19-/m1/s1. The van der Waals surface area contributed by atoms with Crippen molar-refractivity contribution in [3.8, 4) is 11.5 Å². The number of unbranched alkanes of at least 4 members (excludes halogenated alkanes) is 1. The lowest BCUT2D eigenvalue weighted by molar-refractivity contribution is -0.137. The number of methoxy groups -OCH3 is 1. The molecule has 0 spiro atoms. The van der Waals surface area contributed by atoms with Gasteiger partial charge in [-0.15, -0.1) is 0 Å². The number of amides is 1. The predicted molar refractivity (Wildman–Crippen MR) is 117 cm³/mol. The molecule has 0 unspecified atom stereocenters. The first-order valence-corrected chi connectivity index (χ1v) is 12.1. The van der Waals surface area contributed by atoms with E-state index in [4.69, 9.17) is 8.92 Å². The van der Waals surface area contributed by atoms with Crippen molar-refractivity contribution in [1.82, 2.24) is 4.90 Å². The normalized spacial score (nSPS) is 12.7. The highest BCUT2D eigenvalue weighted by Crippen LogP contribution is 2.30. The summed E-state index contributed by atoms with van der Waals surface area (Å²) in [5.41, 5.74) is 0.812. The molecule has 0 aliphatic heterocycles. The Labute approximate surface area is 176 Å². The lowest BCUT2D eigenvalue weighted by atomic mass is 9.97. The Morgan fingerprint density at radius 2 is 1.83 bits per heavy atom. The van der Waals surface area contributed by atoms with Crippen LogP contribution in [0.3, 0.4) is 0 Å². The van der Waals surface area contributed by atoms with E-state index in [9.17, 15) is 13.2 Å². The number of ether oxygens (including phenoxy) is 1. The fourth-order valence-electron chi connectivity index (χ4n) is 3.18. The van der Waals surface area contributed by atoms with E-state index in [0.717, 1.165) is 31.2 Å². The molecule has 29 heavy (non-hydrogen) atoms. The van der Waals surface area contributed by atoms with Gasteiger partial charge in [-0.1, -0.05) is 46.6 Å². The maximum Gasteiger partial charge on any atom is 0.309 e. The molecule has 1 amide bonds. The van der Waals surface area contributed by atoms with Gasteiger partial charge in [-0.05, 0) is 43.4 Å². The number of carbonyl (C=O) groups excluding carboxylic acids is 1. The monoisotopic (exact) mass is 427 g/mol. The second-order valence-electron chi connectivity index (χ2n) is 7.77. The van der Waals surface area contributed by atoms with Gasteiger partial charge in [0.2, 0.25) is 5.91 Å². The fourth-order valence-corrected chi connectivity index (χ4v) is 3.71. The summed E-state index contributed by atoms with van der Waals surface area (Å²) in [5, 5.41) is 0. The van der Waals surface area contributed by atoms with Gasteiger partial charge >= 0.3 is 10.1 Å². The quantitative estimate of drug-likeness (QED) is 0.429. The van der Waals surface area contributed by atoms with E-state index in [1.807, 2.05) is 11.0 Å². The van der Waals surface area contributed by atoms with Crippen LogP contribution in [-0.2, 0) is 21.5 Å². The van der Waals surface area contributed by atoms with Crippen molar-refractivity contribution in [3.63, 3.8) is 0 Å². The van der Waals surface area contributed by atoms with Crippen LogP contribution in [0.2, 0.25) is 0 Å². The van der Waals surface area contributed by atoms with E-state index in [2.05, 4.69) is 27.7 Å². The Balaban J connectivity index is 3.13. The Hall–Kier alpha value is -1.76. The maximum absolute atomic E-state index is 13.2. The first kappa shape index (κ1) is 25.3. The molecule has 1 rings (SSSR count). The molecule has 0 heterocycles. The highest BCUT2D eigenvalue weighted by molar-refractivity contribution is 7.87. The minimum Gasteiger partial charge on any atom is -0.493 e. The number of benzene rings is 1. The van der Waals surface area contributed by atoms with Crippen molar-refractivity contribution >= 4 is 16.0 Å². The summed E-state index contributed by atoms with van der Waals surface area (Å²) in [7, 11) is -2.21. The van der Waals surface area contributed by atoms with Gasteiger partial charge in [0.25, 0.3) is 0 Å². The van der Waals surface area contributed by atoms with Crippen LogP contribution in [0.15, 0.2) is 18.2 Å². The predicted octanol–water partition coefficient (Wildman–Crippen LogP) is 4.62. The molecule has 1 aromatic carbocycles. The van der Waals surface area contributed by atoms with Crippen LogP contribution in [0.1, 0.15) is 65.9 Å². The molecule has 1 atom stereocenters. The first-order chi connectivity index (χ1) is 13.7. The van der Waals surface area contributed by atoms with Crippen LogP contribution in [0.25, 0.3) is 0 Å². The van der Waals surface area contributed by atoms with Gasteiger partial charge in [0.05, 0.1) is 12.9 Å². The lowest BCUT2D eigenvalue weighted by Crippen LogP contribution is -2.38. The van der Waals surface area contributed by atoms with E-state index >= 15 is 0 Å².